The molecule has 3 heterocycles. The summed E-state index contributed by atoms with van der Waals surface area (Å²) >= 11 is 0. The van der Waals surface area contributed by atoms with Crippen molar-refractivity contribution < 1.29 is 13.3 Å². The summed E-state index contributed by atoms with van der Waals surface area (Å²) < 4.78 is 42.1. The molecule has 1 aliphatic heterocycles. The van der Waals surface area contributed by atoms with Crippen LogP contribution in [0.5, 0.6) is 0 Å². The van der Waals surface area contributed by atoms with Crippen molar-refractivity contribution >= 4 is 52.0 Å². The third kappa shape index (κ3) is 5.19. The first-order valence-electron chi connectivity index (χ1n) is 13.9. The lowest BCUT2D eigenvalue weighted by atomic mass is 10.0. The normalized spacial score (nSPS) is 15.6. The number of aromatic nitrogens is 3. The lowest BCUT2D eigenvalue weighted by Crippen LogP contribution is -2.37. The van der Waals surface area contributed by atoms with E-state index in [1.165, 1.54) is 24.3 Å². The molecular weight excluding hydrogens is 555 g/mol. The van der Waals surface area contributed by atoms with E-state index in [9.17, 15) is 18.1 Å². The Kier molecular flexibility index (Phi) is 7.33. The van der Waals surface area contributed by atoms with E-state index in [1.54, 1.807) is 18.2 Å². The van der Waals surface area contributed by atoms with Gasteiger partial charge >= 0.3 is 0 Å². The number of imidazole rings is 1. The minimum Gasteiger partial charge on any atom is -0.325 e. The number of halogens is 2. The second-order valence-corrected chi connectivity index (χ2v) is 14.1. The fraction of sp³-hybridized carbons (Fsp3) is 0.250. The van der Waals surface area contributed by atoms with Gasteiger partial charge in [-0.05, 0) is 85.0 Å². The van der Waals surface area contributed by atoms with Crippen molar-refractivity contribution in [1.82, 2.24) is 19.4 Å². The quantitative estimate of drug-likeness (QED) is 0.236. The van der Waals surface area contributed by atoms with Crippen LogP contribution in [0.15, 0.2) is 65.5 Å². The van der Waals surface area contributed by atoms with Gasteiger partial charge in [0.15, 0.2) is 0 Å². The number of rotatable bonds is 6. The van der Waals surface area contributed by atoms with Crippen LogP contribution in [0, 0.1) is 25.5 Å². The molecule has 0 radical (unpaired) electrons. The van der Waals surface area contributed by atoms with Crippen LogP contribution >= 0.6 is 7.14 Å². The molecule has 0 saturated carbocycles. The number of aromatic amines is 1. The summed E-state index contributed by atoms with van der Waals surface area (Å²) in [6.45, 7) is 5.86. The predicted molar refractivity (Wildman–Crippen MR) is 167 cm³/mol. The third-order valence-corrected chi connectivity index (χ3v) is 11.3. The SMILES string of the molecule is Cc1cc(F)ccc1Nc1nc2ccc3c(C)c(C=CCN4CCP(=O)(c5ccc(F)cc5)CC4)[nH]c(=O)c3c2n1C. The van der Waals surface area contributed by atoms with Crippen LogP contribution in [-0.4, -0.2) is 51.4 Å². The summed E-state index contributed by atoms with van der Waals surface area (Å²) in [6.07, 6.45) is 5.09. The Morgan fingerprint density at radius 2 is 1.74 bits per heavy atom. The van der Waals surface area contributed by atoms with E-state index in [4.69, 9.17) is 4.98 Å². The topological polar surface area (TPSA) is 83.0 Å². The molecule has 0 spiro atoms. The molecule has 2 aromatic heterocycles. The van der Waals surface area contributed by atoms with Crippen molar-refractivity contribution in [3.8, 4) is 0 Å². The van der Waals surface area contributed by atoms with Gasteiger partial charge in [0.1, 0.15) is 18.8 Å². The van der Waals surface area contributed by atoms with Gasteiger partial charge in [0.25, 0.3) is 5.56 Å². The van der Waals surface area contributed by atoms with Gasteiger partial charge in [-0.25, -0.2) is 13.8 Å². The van der Waals surface area contributed by atoms with Crippen LogP contribution in [0.1, 0.15) is 16.8 Å². The molecule has 1 fully saturated rings. The summed E-state index contributed by atoms with van der Waals surface area (Å²) in [7, 11) is -0.656. The standard InChI is InChI=1S/C32H32F2N5O2P/c1-20-19-23(34)8-12-26(20)36-32-37-28-13-11-25-21(2)27(35-31(40)29(25)30(28)38(32)3)5-4-14-39-15-17-42(41,18-16-39)24-9-6-22(33)7-10-24/h4-13,19H,14-18H2,1-3H3,(H,35,40)(H,36,37). The molecule has 0 atom stereocenters. The Bertz CT molecular complexity index is 1950. The summed E-state index contributed by atoms with van der Waals surface area (Å²) in [5, 5.41) is 5.42. The number of hydrogen-bond donors (Lipinski definition) is 2. The molecule has 0 amide bonds. The van der Waals surface area contributed by atoms with Crippen LogP contribution in [0.4, 0.5) is 20.4 Å². The minimum atomic E-state index is -2.51. The smallest absolute Gasteiger partial charge is 0.258 e. The monoisotopic (exact) mass is 587 g/mol. The zero-order valence-electron chi connectivity index (χ0n) is 23.7. The lowest BCUT2D eigenvalue weighted by Gasteiger charge is -2.31. The number of hydrogen-bond acceptors (Lipinski definition) is 5. The molecule has 0 aliphatic carbocycles. The van der Waals surface area contributed by atoms with Gasteiger partial charge in [-0.2, -0.15) is 0 Å². The fourth-order valence-electron chi connectivity index (χ4n) is 5.74. The lowest BCUT2D eigenvalue weighted by molar-refractivity contribution is 0.328. The molecule has 42 heavy (non-hydrogen) atoms. The Morgan fingerprint density at radius 3 is 2.45 bits per heavy atom. The summed E-state index contributed by atoms with van der Waals surface area (Å²) in [5.41, 5.74) is 4.38. The van der Waals surface area contributed by atoms with Gasteiger partial charge in [-0.1, -0.05) is 12.1 Å². The number of fused-ring (bicyclic) bond motifs is 3. The predicted octanol–water partition coefficient (Wildman–Crippen LogP) is 6.07. The summed E-state index contributed by atoms with van der Waals surface area (Å²) in [6, 6.07) is 14.4. The van der Waals surface area contributed by atoms with Crippen molar-refractivity contribution in [3.05, 3.63) is 99.5 Å². The molecule has 5 aromatic rings. The number of aryl methyl sites for hydroxylation is 3. The number of benzene rings is 3. The molecule has 1 aliphatic rings. The van der Waals surface area contributed by atoms with E-state index in [0.717, 1.165) is 33.2 Å². The number of anilines is 2. The van der Waals surface area contributed by atoms with Crippen molar-refractivity contribution in [2.75, 3.05) is 37.3 Å². The van der Waals surface area contributed by atoms with E-state index in [-0.39, 0.29) is 17.2 Å². The minimum absolute atomic E-state index is 0.202. The first-order valence-corrected chi connectivity index (χ1v) is 16.0. The molecule has 3 aromatic carbocycles. The molecule has 1 saturated heterocycles. The highest BCUT2D eigenvalue weighted by atomic mass is 31.2. The van der Waals surface area contributed by atoms with E-state index in [1.807, 2.05) is 49.7 Å². The highest BCUT2D eigenvalue weighted by Crippen LogP contribution is 2.46. The van der Waals surface area contributed by atoms with E-state index in [2.05, 4.69) is 15.2 Å². The highest BCUT2D eigenvalue weighted by molar-refractivity contribution is 7.71. The number of nitrogens with one attached hydrogen (secondary N) is 2. The van der Waals surface area contributed by atoms with Crippen molar-refractivity contribution in [2.45, 2.75) is 13.8 Å². The number of pyridine rings is 1. The van der Waals surface area contributed by atoms with Crippen LogP contribution < -0.4 is 16.2 Å². The van der Waals surface area contributed by atoms with Gasteiger partial charge < -0.3 is 19.4 Å². The molecule has 0 bridgehead atoms. The van der Waals surface area contributed by atoms with Gasteiger partial charge in [0.05, 0.1) is 16.4 Å². The molecule has 2 N–H and O–H groups in total. The van der Waals surface area contributed by atoms with Gasteiger partial charge in [0, 0.05) is 55.7 Å². The average molecular weight is 588 g/mol. The molecule has 7 nitrogen and oxygen atoms in total. The Labute approximate surface area is 242 Å². The first-order chi connectivity index (χ1) is 20.1. The fourth-order valence-corrected chi connectivity index (χ4v) is 8.38. The molecule has 0 unspecified atom stereocenters. The van der Waals surface area contributed by atoms with Crippen molar-refractivity contribution in [1.29, 1.82) is 0 Å². The second kappa shape index (κ2) is 11.0. The summed E-state index contributed by atoms with van der Waals surface area (Å²) in [5.74, 6) is -0.0668. The average Bonchev–Trinajstić information content (AvgIpc) is 3.29. The van der Waals surface area contributed by atoms with Gasteiger partial charge in [0.2, 0.25) is 5.95 Å². The van der Waals surface area contributed by atoms with E-state index < -0.39 is 7.14 Å². The second-order valence-electron chi connectivity index (χ2n) is 10.9. The van der Waals surface area contributed by atoms with Crippen LogP contribution in [0.2, 0.25) is 0 Å². The van der Waals surface area contributed by atoms with E-state index in [0.29, 0.717) is 54.3 Å². The molecule has 6 rings (SSSR count). The molecule has 10 heteroatoms. The maximum atomic E-state index is 13.6. The van der Waals surface area contributed by atoms with Crippen LogP contribution in [0.3, 0.4) is 0 Å². The number of H-pyrrole nitrogens is 1. The third-order valence-electron chi connectivity index (χ3n) is 8.25. The Balaban J connectivity index is 1.22. The zero-order chi connectivity index (χ0) is 29.6. The van der Waals surface area contributed by atoms with Gasteiger partial charge in [-0.15, -0.1) is 0 Å². The highest BCUT2D eigenvalue weighted by Gasteiger charge is 2.30. The Hall–Kier alpha value is -4.07. The largest absolute Gasteiger partial charge is 0.325 e. The zero-order valence-corrected chi connectivity index (χ0v) is 24.6. The Morgan fingerprint density at radius 1 is 1.02 bits per heavy atom. The van der Waals surface area contributed by atoms with Crippen LogP contribution in [-0.2, 0) is 11.6 Å². The van der Waals surface area contributed by atoms with Crippen molar-refractivity contribution in [3.63, 3.8) is 0 Å². The maximum absolute atomic E-state index is 13.6. The van der Waals surface area contributed by atoms with Crippen molar-refractivity contribution in [2.24, 2.45) is 7.05 Å². The number of nitrogens with zero attached hydrogens (tertiary/aromatic N) is 3. The molecule has 216 valence electrons. The molecular formula is C32H32F2N5O2P. The maximum Gasteiger partial charge on any atom is 0.258 e. The summed E-state index contributed by atoms with van der Waals surface area (Å²) in [4.78, 5) is 23.4. The van der Waals surface area contributed by atoms with Crippen LogP contribution in [0.25, 0.3) is 27.9 Å². The van der Waals surface area contributed by atoms with Gasteiger partial charge in [-0.3, -0.25) is 9.69 Å². The van der Waals surface area contributed by atoms with E-state index >= 15 is 0 Å². The first kappa shape index (κ1) is 28.1.